The number of benzene rings is 1. The van der Waals surface area contributed by atoms with Crippen molar-refractivity contribution in [1.82, 2.24) is 0 Å². The summed E-state index contributed by atoms with van der Waals surface area (Å²) in [5.74, 6) is 0.529. The van der Waals surface area contributed by atoms with Gasteiger partial charge in [-0.25, -0.2) is 0 Å². The summed E-state index contributed by atoms with van der Waals surface area (Å²) in [5, 5.41) is 0.998. The maximum atomic E-state index is 9.88. The van der Waals surface area contributed by atoms with Crippen LogP contribution in [0.4, 0.5) is 0 Å². The molecule has 0 unspecified atom stereocenters. The highest BCUT2D eigenvalue weighted by Gasteiger charge is 2.01. The van der Waals surface area contributed by atoms with Crippen LogP contribution in [-0.2, 0) is 4.79 Å². The van der Waals surface area contributed by atoms with Crippen LogP contribution in [-0.4, -0.2) is 12.9 Å². The highest BCUT2D eigenvalue weighted by atomic mass is 35.5. The van der Waals surface area contributed by atoms with Crippen LogP contribution in [0.25, 0.3) is 0 Å². The standard InChI is InChI=1S/C9H7Cl2O2/c10-7-2-3-9(8(11)6-7)13-5-1-4-12/h2-3,6H,1,5H2. The number of rotatable bonds is 4. The maximum Gasteiger partial charge on any atom is 0.201 e. The minimum atomic E-state index is 0.235. The molecule has 0 aliphatic rings. The summed E-state index contributed by atoms with van der Waals surface area (Å²) < 4.78 is 5.18. The summed E-state index contributed by atoms with van der Waals surface area (Å²) >= 11 is 11.5. The van der Waals surface area contributed by atoms with Crippen molar-refractivity contribution in [3.8, 4) is 5.75 Å². The minimum absolute atomic E-state index is 0.235. The SMILES string of the molecule is O=[C]CCOc1ccc(Cl)cc1Cl. The fourth-order valence-electron chi connectivity index (χ4n) is 0.795. The van der Waals surface area contributed by atoms with E-state index in [4.69, 9.17) is 27.9 Å². The van der Waals surface area contributed by atoms with E-state index in [1.165, 1.54) is 0 Å². The number of hydrogen-bond donors (Lipinski definition) is 0. The van der Waals surface area contributed by atoms with Crippen molar-refractivity contribution in [3.05, 3.63) is 28.2 Å². The first-order valence-corrected chi connectivity index (χ1v) is 4.42. The predicted octanol–water partition coefficient (Wildman–Crippen LogP) is 2.87. The van der Waals surface area contributed by atoms with Crippen molar-refractivity contribution in [2.24, 2.45) is 0 Å². The summed E-state index contributed by atoms with van der Waals surface area (Å²) in [5.41, 5.74) is 0. The van der Waals surface area contributed by atoms with E-state index in [-0.39, 0.29) is 13.0 Å². The molecule has 0 aliphatic heterocycles. The predicted molar refractivity (Wildman–Crippen MR) is 52.3 cm³/mol. The molecule has 0 amide bonds. The molecule has 13 heavy (non-hydrogen) atoms. The summed E-state index contributed by atoms with van der Waals surface area (Å²) in [7, 11) is 0. The lowest BCUT2D eigenvalue weighted by atomic mass is 10.3. The molecule has 0 heterocycles. The Balaban J connectivity index is 2.61. The maximum absolute atomic E-state index is 9.88. The van der Waals surface area contributed by atoms with E-state index < -0.39 is 0 Å². The topological polar surface area (TPSA) is 26.3 Å². The van der Waals surface area contributed by atoms with Gasteiger partial charge in [-0.15, -0.1) is 0 Å². The molecule has 2 nitrogen and oxygen atoms in total. The molecule has 1 aromatic rings. The van der Waals surface area contributed by atoms with Crippen LogP contribution in [0.1, 0.15) is 6.42 Å². The highest BCUT2D eigenvalue weighted by molar-refractivity contribution is 6.35. The summed E-state index contributed by atoms with van der Waals surface area (Å²) in [6.45, 7) is 0.283. The molecule has 0 aliphatic carbocycles. The van der Waals surface area contributed by atoms with Crippen molar-refractivity contribution in [2.75, 3.05) is 6.61 Å². The zero-order valence-electron chi connectivity index (χ0n) is 6.72. The van der Waals surface area contributed by atoms with Crippen molar-refractivity contribution in [1.29, 1.82) is 0 Å². The van der Waals surface area contributed by atoms with Gasteiger partial charge in [0.1, 0.15) is 5.75 Å². The smallest absolute Gasteiger partial charge is 0.201 e. The zero-order chi connectivity index (χ0) is 9.68. The van der Waals surface area contributed by atoms with Crippen LogP contribution >= 0.6 is 23.2 Å². The number of ether oxygens (including phenoxy) is 1. The average Bonchev–Trinajstić information content (AvgIpc) is 2.09. The molecule has 0 N–H and O–H groups in total. The first-order valence-electron chi connectivity index (χ1n) is 3.67. The second-order valence-corrected chi connectivity index (χ2v) is 3.16. The van der Waals surface area contributed by atoms with E-state index in [1.807, 2.05) is 0 Å². The first-order chi connectivity index (χ1) is 6.24. The van der Waals surface area contributed by atoms with Gasteiger partial charge in [-0.05, 0) is 18.2 Å². The molecule has 0 atom stereocenters. The molecule has 0 spiro atoms. The molecule has 0 fully saturated rings. The molecule has 0 aromatic heterocycles. The Hall–Kier alpha value is -0.730. The Kier molecular flexibility index (Phi) is 4.06. The first kappa shape index (κ1) is 10.4. The molecule has 4 heteroatoms. The van der Waals surface area contributed by atoms with Crippen LogP contribution in [0.2, 0.25) is 10.0 Å². The Morgan fingerprint density at radius 2 is 2.15 bits per heavy atom. The van der Waals surface area contributed by atoms with Crippen molar-refractivity contribution in [2.45, 2.75) is 6.42 Å². The minimum Gasteiger partial charge on any atom is -0.492 e. The molecule has 0 saturated carbocycles. The van der Waals surface area contributed by atoms with Crippen molar-refractivity contribution in [3.63, 3.8) is 0 Å². The molecular weight excluding hydrogens is 211 g/mol. The van der Waals surface area contributed by atoms with Crippen LogP contribution in [0, 0.1) is 0 Å². The Labute approximate surface area is 86.4 Å². The fourth-order valence-corrected chi connectivity index (χ4v) is 1.26. The number of carbonyl (C=O) groups excluding carboxylic acids is 1. The van der Waals surface area contributed by atoms with Crippen molar-refractivity contribution >= 4 is 29.5 Å². The van der Waals surface area contributed by atoms with Gasteiger partial charge in [0.05, 0.1) is 11.6 Å². The number of hydrogen-bond acceptors (Lipinski definition) is 2. The largest absolute Gasteiger partial charge is 0.492 e. The van der Waals surface area contributed by atoms with E-state index >= 15 is 0 Å². The third-order valence-corrected chi connectivity index (χ3v) is 1.89. The van der Waals surface area contributed by atoms with Gasteiger partial charge in [0.15, 0.2) is 0 Å². The van der Waals surface area contributed by atoms with E-state index in [0.717, 1.165) is 0 Å². The van der Waals surface area contributed by atoms with Crippen LogP contribution in [0.15, 0.2) is 18.2 Å². The van der Waals surface area contributed by atoms with E-state index in [2.05, 4.69) is 0 Å². The molecule has 0 bridgehead atoms. The van der Waals surface area contributed by atoms with Gasteiger partial charge >= 0.3 is 0 Å². The van der Waals surface area contributed by atoms with Gasteiger partial charge in [0.2, 0.25) is 6.29 Å². The van der Waals surface area contributed by atoms with Gasteiger partial charge in [0.25, 0.3) is 0 Å². The van der Waals surface area contributed by atoms with E-state index in [1.54, 1.807) is 24.5 Å². The second kappa shape index (κ2) is 5.10. The summed E-state index contributed by atoms with van der Waals surface area (Å²) in [4.78, 5) is 9.88. The summed E-state index contributed by atoms with van der Waals surface area (Å²) in [6.07, 6.45) is 1.96. The van der Waals surface area contributed by atoms with Crippen LogP contribution in [0.3, 0.4) is 0 Å². The average molecular weight is 218 g/mol. The van der Waals surface area contributed by atoms with Gasteiger partial charge in [-0.3, -0.25) is 4.79 Å². The fraction of sp³-hybridized carbons (Fsp3) is 0.222. The molecule has 1 aromatic carbocycles. The van der Waals surface area contributed by atoms with Gasteiger partial charge in [0, 0.05) is 11.4 Å². The second-order valence-electron chi connectivity index (χ2n) is 2.32. The highest BCUT2D eigenvalue weighted by Crippen LogP contribution is 2.27. The van der Waals surface area contributed by atoms with Crippen molar-refractivity contribution < 1.29 is 9.53 Å². The normalized spacial score (nSPS) is 9.69. The zero-order valence-corrected chi connectivity index (χ0v) is 8.23. The van der Waals surface area contributed by atoms with Crippen LogP contribution in [0.5, 0.6) is 5.75 Å². The van der Waals surface area contributed by atoms with E-state index in [9.17, 15) is 4.79 Å². The Bertz CT molecular complexity index is 300. The molecule has 69 valence electrons. The molecule has 1 rings (SSSR count). The molecule has 1 radical (unpaired) electrons. The third-order valence-electron chi connectivity index (χ3n) is 1.36. The Morgan fingerprint density at radius 1 is 1.38 bits per heavy atom. The van der Waals surface area contributed by atoms with E-state index in [0.29, 0.717) is 15.8 Å². The van der Waals surface area contributed by atoms with Crippen LogP contribution < -0.4 is 4.74 Å². The lowest BCUT2D eigenvalue weighted by molar-refractivity contribution is 0.327. The Morgan fingerprint density at radius 3 is 2.77 bits per heavy atom. The quantitative estimate of drug-likeness (QED) is 0.726. The lowest BCUT2D eigenvalue weighted by Crippen LogP contribution is -1.97. The summed E-state index contributed by atoms with van der Waals surface area (Å²) in [6, 6.07) is 4.92. The van der Waals surface area contributed by atoms with Gasteiger partial charge < -0.3 is 4.74 Å². The molecule has 0 saturated heterocycles. The lowest BCUT2D eigenvalue weighted by Gasteiger charge is -2.05. The monoisotopic (exact) mass is 217 g/mol. The molecular formula is C9H7Cl2O2. The third kappa shape index (κ3) is 3.25. The number of halogens is 2. The van der Waals surface area contributed by atoms with Gasteiger partial charge in [-0.1, -0.05) is 23.2 Å². The van der Waals surface area contributed by atoms with Gasteiger partial charge in [-0.2, -0.15) is 0 Å².